The average molecular weight is 561 g/mol. The van der Waals surface area contributed by atoms with Crippen LogP contribution in [0.3, 0.4) is 0 Å². The number of halogens is 1. The maximum Gasteiger partial charge on any atom is 0.258 e. The monoisotopic (exact) mass is 559 g/mol. The molecule has 2 aromatic carbocycles. The molecule has 1 aromatic heterocycles. The highest BCUT2D eigenvalue weighted by molar-refractivity contribution is 9.10. The number of amides is 2. The standard InChI is InChI=1S/C24H26BrN5O2S2/c1-29(2)11-6-12-30-22(32)18-9-3-4-10-19(18)27-24(30)34-15-21(31)28-23-26-20(14-33-23)16-7-5-8-17(25)13-16/h3-5,7-10,13-14,24,27H,6,11-12,15H2,1-2H3,(H,26,28,31). The van der Waals surface area contributed by atoms with Crippen molar-refractivity contribution in [3.05, 3.63) is 63.9 Å². The second-order valence-electron chi connectivity index (χ2n) is 8.11. The molecule has 1 atom stereocenters. The summed E-state index contributed by atoms with van der Waals surface area (Å²) in [5.74, 6) is 0.0365. The molecule has 0 saturated heterocycles. The molecule has 1 aliphatic rings. The number of thiazole rings is 1. The number of carbonyl (C=O) groups excluding carboxylic acids is 2. The predicted octanol–water partition coefficient (Wildman–Crippen LogP) is 5.05. The molecule has 1 unspecified atom stereocenters. The molecule has 178 valence electrons. The van der Waals surface area contributed by atoms with E-state index in [4.69, 9.17) is 0 Å². The lowest BCUT2D eigenvalue weighted by Crippen LogP contribution is -2.48. The van der Waals surface area contributed by atoms with Gasteiger partial charge >= 0.3 is 0 Å². The molecule has 34 heavy (non-hydrogen) atoms. The molecule has 2 heterocycles. The predicted molar refractivity (Wildman–Crippen MR) is 144 cm³/mol. The van der Waals surface area contributed by atoms with E-state index >= 15 is 0 Å². The van der Waals surface area contributed by atoms with Crippen LogP contribution in [0.25, 0.3) is 11.3 Å². The van der Waals surface area contributed by atoms with E-state index in [9.17, 15) is 9.59 Å². The van der Waals surface area contributed by atoms with E-state index in [2.05, 4.69) is 36.4 Å². The van der Waals surface area contributed by atoms with Crippen LogP contribution in [-0.4, -0.2) is 65.0 Å². The van der Waals surface area contributed by atoms with E-state index in [1.54, 1.807) is 0 Å². The van der Waals surface area contributed by atoms with Gasteiger partial charge in [-0.15, -0.1) is 23.1 Å². The third-order valence-corrected chi connectivity index (χ3v) is 7.60. The van der Waals surface area contributed by atoms with E-state index in [1.807, 2.05) is 72.9 Å². The number of anilines is 2. The summed E-state index contributed by atoms with van der Waals surface area (Å²) in [5.41, 5.74) is 2.95. The van der Waals surface area contributed by atoms with E-state index in [-0.39, 0.29) is 23.1 Å². The van der Waals surface area contributed by atoms with Crippen LogP contribution in [0.5, 0.6) is 0 Å². The zero-order chi connectivity index (χ0) is 24.1. The summed E-state index contributed by atoms with van der Waals surface area (Å²) in [6, 6.07) is 15.4. The minimum Gasteiger partial charge on any atom is -0.356 e. The minimum atomic E-state index is -0.316. The highest BCUT2D eigenvalue weighted by atomic mass is 79.9. The lowest BCUT2D eigenvalue weighted by atomic mass is 10.1. The van der Waals surface area contributed by atoms with Gasteiger partial charge in [0.15, 0.2) is 10.6 Å². The smallest absolute Gasteiger partial charge is 0.258 e. The second kappa shape index (κ2) is 11.4. The van der Waals surface area contributed by atoms with Crippen molar-refractivity contribution in [3.8, 4) is 11.3 Å². The lowest BCUT2D eigenvalue weighted by molar-refractivity contribution is -0.113. The van der Waals surface area contributed by atoms with Gasteiger partial charge in [-0.1, -0.05) is 40.2 Å². The second-order valence-corrected chi connectivity index (χ2v) is 10.9. The maximum atomic E-state index is 13.1. The Morgan fingerprint density at radius 2 is 2.09 bits per heavy atom. The molecule has 0 radical (unpaired) electrons. The summed E-state index contributed by atoms with van der Waals surface area (Å²) in [6.45, 7) is 1.49. The van der Waals surface area contributed by atoms with Gasteiger partial charge in [-0.2, -0.15) is 0 Å². The molecule has 4 rings (SSSR count). The fraction of sp³-hybridized carbons (Fsp3) is 0.292. The summed E-state index contributed by atoms with van der Waals surface area (Å²) in [5, 5.41) is 8.79. The van der Waals surface area contributed by atoms with Crippen molar-refractivity contribution in [1.82, 2.24) is 14.8 Å². The molecule has 7 nitrogen and oxygen atoms in total. The molecule has 3 aromatic rings. The largest absolute Gasteiger partial charge is 0.356 e. The molecule has 10 heteroatoms. The molecule has 0 spiro atoms. The normalized spacial score (nSPS) is 15.2. The van der Waals surface area contributed by atoms with Gasteiger partial charge in [-0.3, -0.25) is 9.59 Å². The number of benzene rings is 2. The minimum absolute atomic E-state index is 0.00963. The molecular weight excluding hydrogens is 534 g/mol. The molecule has 0 aliphatic carbocycles. The van der Waals surface area contributed by atoms with Crippen LogP contribution in [0.1, 0.15) is 16.8 Å². The Morgan fingerprint density at radius 1 is 1.26 bits per heavy atom. The first kappa shape index (κ1) is 24.7. The molecule has 2 N–H and O–H groups in total. The van der Waals surface area contributed by atoms with Crippen LogP contribution in [0.4, 0.5) is 10.8 Å². The molecule has 2 amide bonds. The van der Waals surface area contributed by atoms with Gasteiger partial charge in [0.1, 0.15) is 0 Å². The number of aromatic nitrogens is 1. The fourth-order valence-corrected chi connectivity index (χ4v) is 5.70. The summed E-state index contributed by atoms with van der Waals surface area (Å²) in [7, 11) is 4.03. The molecule has 0 bridgehead atoms. The van der Waals surface area contributed by atoms with Crippen molar-refractivity contribution >= 4 is 61.7 Å². The highest BCUT2D eigenvalue weighted by Crippen LogP contribution is 2.31. The van der Waals surface area contributed by atoms with Crippen LogP contribution in [-0.2, 0) is 4.79 Å². The number of rotatable bonds is 9. The SMILES string of the molecule is CN(C)CCCN1C(=O)c2ccccc2NC1SCC(=O)Nc1nc(-c2cccc(Br)c2)cs1. The first-order chi connectivity index (χ1) is 16.4. The van der Waals surface area contributed by atoms with Gasteiger partial charge in [0, 0.05) is 27.6 Å². The van der Waals surface area contributed by atoms with Crippen molar-refractivity contribution < 1.29 is 9.59 Å². The number of carbonyl (C=O) groups is 2. The number of hydrogen-bond acceptors (Lipinski definition) is 7. The first-order valence-electron chi connectivity index (χ1n) is 10.8. The average Bonchev–Trinajstić information content (AvgIpc) is 3.27. The van der Waals surface area contributed by atoms with Crippen LogP contribution in [0.15, 0.2) is 58.4 Å². The summed E-state index contributed by atoms with van der Waals surface area (Å²) in [4.78, 5) is 34.3. The zero-order valence-electron chi connectivity index (χ0n) is 19.0. The van der Waals surface area contributed by atoms with E-state index < -0.39 is 0 Å². The first-order valence-corrected chi connectivity index (χ1v) is 13.6. The van der Waals surface area contributed by atoms with Gasteiger partial charge in [0.25, 0.3) is 5.91 Å². The lowest BCUT2D eigenvalue weighted by Gasteiger charge is -2.37. The van der Waals surface area contributed by atoms with Crippen LogP contribution in [0, 0.1) is 0 Å². The number of nitrogens with one attached hydrogen (secondary N) is 2. The van der Waals surface area contributed by atoms with Crippen molar-refractivity contribution in [2.24, 2.45) is 0 Å². The number of fused-ring (bicyclic) bond motifs is 1. The number of hydrogen-bond donors (Lipinski definition) is 2. The van der Waals surface area contributed by atoms with E-state index in [1.165, 1.54) is 23.1 Å². The topological polar surface area (TPSA) is 77.6 Å². The Kier molecular flexibility index (Phi) is 8.25. The fourth-order valence-electron chi connectivity index (χ4n) is 3.60. The van der Waals surface area contributed by atoms with Gasteiger partial charge in [0.2, 0.25) is 5.91 Å². The molecule has 0 fully saturated rings. The van der Waals surface area contributed by atoms with Crippen LogP contribution >= 0.6 is 39.0 Å². The van der Waals surface area contributed by atoms with E-state index in [0.717, 1.165) is 34.4 Å². The van der Waals surface area contributed by atoms with Crippen molar-refractivity contribution in [3.63, 3.8) is 0 Å². The summed E-state index contributed by atoms with van der Waals surface area (Å²) in [6.07, 6.45) is 0.851. The summed E-state index contributed by atoms with van der Waals surface area (Å²) >= 11 is 6.27. The van der Waals surface area contributed by atoms with Gasteiger partial charge in [-0.05, 0) is 51.3 Å². The van der Waals surface area contributed by atoms with E-state index in [0.29, 0.717) is 17.2 Å². The van der Waals surface area contributed by atoms with Gasteiger partial charge in [0.05, 0.1) is 17.0 Å². The summed E-state index contributed by atoms with van der Waals surface area (Å²) < 4.78 is 0.978. The quantitative estimate of drug-likeness (QED) is 0.382. The third kappa shape index (κ3) is 6.18. The Hall–Kier alpha value is -2.40. The van der Waals surface area contributed by atoms with Crippen LogP contribution < -0.4 is 10.6 Å². The number of nitrogens with zero attached hydrogens (tertiary/aromatic N) is 3. The molecule has 0 saturated carbocycles. The van der Waals surface area contributed by atoms with Crippen molar-refractivity contribution in [2.75, 3.05) is 43.6 Å². The number of thioether (sulfide) groups is 1. The highest BCUT2D eigenvalue weighted by Gasteiger charge is 2.32. The van der Waals surface area contributed by atoms with Crippen molar-refractivity contribution in [1.29, 1.82) is 0 Å². The third-order valence-electron chi connectivity index (χ3n) is 5.23. The zero-order valence-corrected chi connectivity index (χ0v) is 22.2. The Balaban J connectivity index is 1.38. The number of para-hydroxylation sites is 1. The van der Waals surface area contributed by atoms with Crippen LogP contribution in [0.2, 0.25) is 0 Å². The Morgan fingerprint density at radius 3 is 2.88 bits per heavy atom. The van der Waals surface area contributed by atoms with Gasteiger partial charge < -0.3 is 20.4 Å². The molecular formula is C24H26BrN5O2S2. The van der Waals surface area contributed by atoms with Gasteiger partial charge in [-0.25, -0.2) is 4.98 Å². The molecule has 1 aliphatic heterocycles. The van der Waals surface area contributed by atoms with Crippen molar-refractivity contribution in [2.45, 2.75) is 11.9 Å². The Labute approximate surface area is 216 Å². The maximum absolute atomic E-state index is 13.1. The Bertz CT molecular complexity index is 1170.